The van der Waals surface area contributed by atoms with Crippen LogP contribution in [0.5, 0.6) is 5.75 Å². The number of benzene rings is 1. The highest BCUT2D eigenvalue weighted by Crippen LogP contribution is 2.24. The summed E-state index contributed by atoms with van der Waals surface area (Å²) in [6.07, 6.45) is 2.63. The van der Waals surface area contributed by atoms with Crippen LogP contribution in [0.2, 0.25) is 0 Å². The minimum absolute atomic E-state index is 0.0529. The summed E-state index contributed by atoms with van der Waals surface area (Å²) in [5.74, 6) is -0.212. The van der Waals surface area contributed by atoms with E-state index in [1.165, 1.54) is 0 Å². The summed E-state index contributed by atoms with van der Waals surface area (Å²) in [4.78, 5) is 17.0. The summed E-state index contributed by atoms with van der Waals surface area (Å²) in [5, 5.41) is 12.6. The summed E-state index contributed by atoms with van der Waals surface area (Å²) in [7, 11) is 0. The number of aryl methyl sites for hydroxylation is 3. The van der Waals surface area contributed by atoms with Crippen molar-refractivity contribution in [2.75, 3.05) is 5.32 Å². The van der Waals surface area contributed by atoms with E-state index in [1.807, 2.05) is 24.3 Å². The van der Waals surface area contributed by atoms with E-state index in [0.717, 1.165) is 29.0 Å². The molecule has 0 aliphatic heterocycles. The molecule has 2 aromatic heterocycles. The lowest BCUT2D eigenvalue weighted by molar-refractivity contribution is 0.102. The molecule has 118 valence electrons. The second-order valence-electron chi connectivity index (χ2n) is 5.62. The molecule has 3 rings (SSSR count). The first-order valence-corrected chi connectivity index (χ1v) is 7.58. The Bertz CT molecular complexity index is 897. The average Bonchev–Trinajstić information content (AvgIpc) is 2.86. The second kappa shape index (κ2) is 5.76. The molecule has 0 fully saturated rings. The van der Waals surface area contributed by atoms with Crippen LogP contribution in [0.4, 0.5) is 5.69 Å². The molecular weight excluding hydrogens is 290 g/mol. The topological polar surface area (TPSA) is 66.6 Å². The molecule has 0 aliphatic carbocycles. The van der Waals surface area contributed by atoms with E-state index in [-0.39, 0.29) is 11.7 Å². The van der Waals surface area contributed by atoms with Gasteiger partial charge in [-0.1, -0.05) is 13.0 Å². The molecule has 5 heteroatoms. The molecule has 0 atom stereocenters. The van der Waals surface area contributed by atoms with Gasteiger partial charge in [-0.05, 0) is 50.1 Å². The van der Waals surface area contributed by atoms with Gasteiger partial charge in [0.1, 0.15) is 11.4 Å². The van der Waals surface area contributed by atoms with Crippen molar-refractivity contribution in [1.29, 1.82) is 0 Å². The van der Waals surface area contributed by atoms with E-state index in [2.05, 4.69) is 17.2 Å². The van der Waals surface area contributed by atoms with Crippen molar-refractivity contribution >= 4 is 17.2 Å². The Balaban J connectivity index is 1.94. The van der Waals surface area contributed by atoms with Crippen molar-refractivity contribution in [3.63, 3.8) is 0 Å². The minimum atomic E-state index is -0.265. The molecule has 1 aromatic carbocycles. The summed E-state index contributed by atoms with van der Waals surface area (Å²) in [5.41, 5.74) is 4.78. The third-order valence-corrected chi connectivity index (χ3v) is 3.95. The third kappa shape index (κ3) is 2.77. The number of nitrogens with zero attached hydrogens (tertiary/aromatic N) is 2. The number of fused-ring (bicyclic) bond motifs is 1. The third-order valence-electron chi connectivity index (χ3n) is 3.95. The van der Waals surface area contributed by atoms with Gasteiger partial charge in [0.2, 0.25) is 0 Å². The fourth-order valence-electron chi connectivity index (χ4n) is 2.62. The molecule has 1 amide bonds. The molecule has 23 heavy (non-hydrogen) atoms. The SMILES string of the molecule is CCc1nc2ccc(C(=O)Nc3cc(C)ccc3O)cn2c1C. The van der Waals surface area contributed by atoms with Crippen molar-refractivity contribution in [3.8, 4) is 5.75 Å². The Morgan fingerprint density at radius 2 is 2.04 bits per heavy atom. The number of carbonyl (C=O) groups excluding carboxylic acids is 1. The molecule has 0 saturated carbocycles. The monoisotopic (exact) mass is 309 g/mol. The molecule has 0 bridgehead atoms. The van der Waals surface area contributed by atoms with Crippen LogP contribution in [0.25, 0.3) is 5.65 Å². The Kier molecular flexibility index (Phi) is 3.78. The van der Waals surface area contributed by atoms with Crippen LogP contribution in [0.15, 0.2) is 36.5 Å². The Labute approximate surface area is 134 Å². The highest BCUT2D eigenvalue weighted by atomic mass is 16.3. The van der Waals surface area contributed by atoms with Crippen molar-refractivity contribution in [1.82, 2.24) is 9.38 Å². The van der Waals surface area contributed by atoms with Crippen molar-refractivity contribution in [3.05, 3.63) is 59.0 Å². The molecular formula is C18H19N3O2. The smallest absolute Gasteiger partial charge is 0.257 e. The summed E-state index contributed by atoms with van der Waals surface area (Å²) < 4.78 is 1.92. The van der Waals surface area contributed by atoms with Gasteiger partial charge in [0.05, 0.1) is 16.9 Å². The van der Waals surface area contributed by atoms with Gasteiger partial charge >= 0.3 is 0 Å². The number of amides is 1. The zero-order valence-electron chi connectivity index (χ0n) is 13.4. The molecule has 0 spiro atoms. The van der Waals surface area contributed by atoms with Crippen LogP contribution < -0.4 is 5.32 Å². The fourth-order valence-corrected chi connectivity index (χ4v) is 2.62. The number of aromatic hydroxyl groups is 1. The molecule has 0 aliphatic rings. The highest BCUT2D eigenvalue weighted by molar-refractivity contribution is 6.05. The van der Waals surface area contributed by atoms with Crippen LogP contribution in [-0.4, -0.2) is 20.4 Å². The van der Waals surface area contributed by atoms with Gasteiger partial charge in [-0.25, -0.2) is 4.98 Å². The van der Waals surface area contributed by atoms with E-state index in [1.54, 1.807) is 30.5 Å². The molecule has 0 saturated heterocycles. The number of anilines is 1. The van der Waals surface area contributed by atoms with Crippen LogP contribution in [0.3, 0.4) is 0 Å². The molecule has 0 unspecified atom stereocenters. The number of hydrogen-bond acceptors (Lipinski definition) is 3. The van der Waals surface area contributed by atoms with Gasteiger partial charge in [-0.2, -0.15) is 0 Å². The number of aromatic nitrogens is 2. The summed E-state index contributed by atoms with van der Waals surface area (Å²) in [6, 6.07) is 8.67. The first-order chi connectivity index (χ1) is 11.0. The van der Waals surface area contributed by atoms with Crippen molar-refractivity contribution in [2.45, 2.75) is 27.2 Å². The Morgan fingerprint density at radius 3 is 2.78 bits per heavy atom. The maximum atomic E-state index is 12.5. The van der Waals surface area contributed by atoms with Crippen LogP contribution in [-0.2, 0) is 6.42 Å². The maximum Gasteiger partial charge on any atom is 0.257 e. The van der Waals surface area contributed by atoms with Gasteiger partial charge in [0.25, 0.3) is 5.91 Å². The molecule has 3 aromatic rings. The number of hydrogen-bond donors (Lipinski definition) is 2. The number of phenols is 1. The lowest BCUT2D eigenvalue weighted by Gasteiger charge is -2.09. The standard InChI is InChI=1S/C18H19N3O2/c1-4-14-12(3)21-10-13(6-8-17(21)19-14)18(23)20-15-9-11(2)5-7-16(15)22/h5-10,22H,4H2,1-3H3,(H,20,23). The van der Waals surface area contributed by atoms with Gasteiger partial charge in [-0.15, -0.1) is 0 Å². The lowest BCUT2D eigenvalue weighted by atomic mass is 10.2. The lowest BCUT2D eigenvalue weighted by Crippen LogP contribution is -2.13. The minimum Gasteiger partial charge on any atom is -0.506 e. The van der Waals surface area contributed by atoms with Crippen molar-refractivity contribution in [2.24, 2.45) is 0 Å². The van der Waals surface area contributed by atoms with E-state index in [0.29, 0.717) is 11.3 Å². The number of phenolic OH excluding ortho intramolecular Hbond substituents is 1. The van der Waals surface area contributed by atoms with E-state index in [9.17, 15) is 9.90 Å². The number of nitrogens with one attached hydrogen (secondary N) is 1. The fraction of sp³-hybridized carbons (Fsp3) is 0.222. The summed E-state index contributed by atoms with van der Waals surface area (Å²) >= 11 is 0. The van der Waals surface area contributed by atoms with Gasteiger partial charge in [0, 0.05) is 11.9 Å². The maximum absolute atomic E-state index is 12.5. The first-order valence-electron chi connectivity index (χ1n) is 7.58. The Morgan fingerprint density at radius 1 is 1.26 bits per heavy atom. The largest absolute Gasteiger partial charge is 0.506 e. The summed E-state index contributed by atoms with van der Waals surface area (Å²) in [6.45, 7) is 5.96. The van der Waals surface area contributed by atoms with Crippen LogP contribution in [0.1, 0.15) is 34.2 Å². The van der Waals surface area contributed by atoms with Gasteiger partial charge < -0.3 is 14.8 Å². The molecule has 5 nitrogen and oxygen atoms in total. The zero-order chi connectivity index (χ0) is 16.6. The van der Waals surface area contributed by atoms with E-state index < -0.39 is 0 Å². The van der Waals surface area contributed by atoms with Gasteiger partial charge in [0.15, 0.2) is 0 Å². The predicted molar refractivity (Wildman–Crippen MR) is 90.1 cm³/mol. The molecule has 2 N–H and O–H groups in total. The normalized spacial score (nSPS) is 10.9. The number of pyridine rings is 1. The zero-order valence-corrected chi connectivity index (χ0v) is 13.4. The molecule has 2 heterocycles. The number of imidazole rings is 1. The number of rotatable bonds is 3. The predicted octanol–water partition coefficient (Wildman–Crippen LogP) is 3.47. The van der Waals surface area contributed by atoms with Crippen LogP contribution >= 0.6 is 0 Å². The first kappa shape index (κ1) is 15.1. The van der Waals surface area contributed by atoms with Crippen LogP contribution in [0, 0.1) is 13.8 Å². The van der Waals surface area contributed by atoms with Crippen molar-refractivity contribution < 1.29 is 9.90 Å². The number of carbonyl (C=O) groups is 1. The highest BCUT2D eigenvalue weighted by Gasteiger charge is 2.12. The second-order valence-corrected chi connectivity index (χ2v) is 5.62. The van der Waals surface area contributed by atoms with E-state index in [4.69, 9.17) is 0 Å². The average molecular weight is 309 g/mol. The Hall–Kier alpha value is -2.82. The van der Waals surface area contributed by atoms with Gasteiger partial charge in [-0.3, -0.25) is 4.79 Å². The molecule has 0 radical (unpaired) electrons. The quantitative estimate of drug-likeness (QED) is 0.728. The van der Waals surface area contributed by atoms with E-state index >= 15 is 0 Å².